The number of carbonyl (C=O) groups excluding carboxylic acids is 1. The lowest BCUT2D eigenvalue weighted by molar-refractivity contribution is -0.179. The van der Waals surface area contributed by atoms with Crippen molar-refractivity contribution in [2.24, 2.45) is 0 Å². The number of hydrogen-bond acceptors (Lipinski definition) is 5. The van der Waals surface area contributed by atoms with Crippen molar-refractivity contribution in [1.29, 1.82) is 0 Å². The summed E-state index contributed by atoms with van der Waals surface area (Å²) in [6.45, 7) is 4.89. The highest BCUT2D eigenvalue weighted by atomic mass is 16.5. The first-order valence-electron chi connectivity index (χ1n) is 8.05. The molecule has 4 rings (SSSR count). The number of morpholine rings is 1. The molecule has 22 heavy (non-hydrogen) atoms. The first-order chi connectivity index (χ1) is 10.8. The van der Waals surface area contributed by atoms with E-state index >= 15 is 0 Å². The number of nitrogens with one attached hydrogen (secondary N) is 1. The van der Waals surface area contributed by atoms with Gasteiger partial charge in [-0.3, -0.25) is 4.79 Å². The Morgan fingerprint density at radius 1 is 1.32 bits per heavy atom. The van der Waals surface area contributed by atoms with E-state index in [0.717, 1.165) is 31.8 Å². The van der Waals surface area contributed by atoms with Crippen LogP contribution < -0.4 is 5.32 Å². The molecule has 0 aliphatic carbocycles. The third-order valence-electron chi connectivity index (χ3n) is 4.86. The largest absolute Gasteiger partial charge is 0.378 e. The molecule has 2 saturated heterocycles. The normalized spacial score (nSPS) is 27.6. The smallest absolute Gasteiger partial charge is 0.253 e. The molecule has 3 aliphatic rings. The third-order valence-corrected chi connectivity index (χ3v) is 4.86. The Labute approximate surface area is 129 Å². The average molecular weight is 306 g/mol. The van der Waals surface area contributed by atoms with Gasteiger partial charge in [0.15, 0.2) is 6.10 Å². The molecule has 7 heteroatoms. The number of rotatable bonds is 1. The average Bonchev–Trinajstić information content (AvgIpc) is 3.05. The predicted molar refractivity (Wildman–Crippen MR) is 78.3 cm³/mol. The Morgan fingerprint density at radius 2 is 2.09 bits per heavy atom. The van der Waals surface area contributed by atoms with E-state index in [9.17, 15) is 4.79 Å². The molecule has 0 unspecified atom stereocenters. The Bertz CT molecular complexity index is 547. The molecular formula is C15H22N4O3. The number of ether oxygens (including phenoxy) is 2. The second kappa shape index (κ2) is 5.64. The van der Waals surface area contributed by atoms with Gasteiger partial charge in [0.25, 0.3) is 5.91 Å². The fourth-order valence-electron chi connectivity index (χ4n) is 3.68. The van der Waals surface area contributed by atoms with Gasteiger partial charge in [0, 0.05) is 25.5 Å². The maximum absolute atomic E-state index is 12.8. The first-order valence-corrected chi connectivity index (χ1v) is 8.05. The highest BCUT2D eigenvalue weighted by Crippen LogP contribution is 2.38. The van der Waals surface area contributed by atoms with Crippen molar-refractivity contribution < 1.29 is 14.3 Å². The Balaban J connectivity index is 1.59. The van der Waals surface area contributed by atoms with Crippen LogP contribution in [0.4, 0.5) is 0 Å². The molecule has 0 saturated carbocycles. The van der Waals surface area contributed by atoms with Crippen LogP contribution in [-0.4, -0.2) is 65.9 Å². The lowest BCUT2D eigenvalue weighted by Crippen LogP contribution is -2.55. The second-order valence-corrected chi connectivity index (χ2v) is 6.19. The van der Waals surface area contributed by atoms with E-state index in [0.29, 0.717) is 32.8 Å². The van der Waals surface area contributed by atoms with Gasteiger partial charge >= 0.3 is 0 Å². The number of piperidine rings is 1. The van der Waals surface area contributed by atoms with Crippen molar-refractivity contribution in [2.45, 2.75) is 31.1 Å². The summed E-state index contributed by atoms with van der Waals surface area (Å²) in [7, 11) is 0. The Hall–Kier alpha value is -1.44. The summed E-state index contributed by atoms with van der Waals surface area (Å²) in [5.74, 6) is 1.06. The zero-order valence-electron chi connectivity index (χ0n) is 12.7. The highest BCUT2D eigenvalue weighted by Gasteiger charge is 2.46. The number of nitrogens with zero attached hydrogens (tertiary/aromatic N) is 3. The summed E-state index contributed by atoms with van der Waals surface area (Å²) in [5, 5.41) is 3.36. The minimum atomic E-state index is -0.419. The van der Waals surface area contributed by atoms with Gasteiger partial charge in [0.1, 0.15) is 11.4 Å². The van der Waals surface area contributed by atoms with Crippen molar-refractivity contribution in [3.8, 4) is 0 Å². The van der Waals surface area contributed by atoms with Gasteiger partial charge in [0.2, 0.25) is 0 Å². The summed E-state index contributed by atoms with van der Waals surface area (Å²) in [6, 6.07) is 0. The fraction of sp³-hybridized carbons (Fsp3) is 0.733. The molecule has 4 heterocycles. The van der Waals surface area contributed by atoms with Crippen LogP contribution in [-0.2, 0) is 26.4 Å². The quantitative estimate of drug-likeness (QED) is 0.773. The van der Waals surface area contributed by atoms with Crippen molar-refractivity contribution >= 4 is 5.91 Å². The standard InChI is InChI=1S/C15H22N4O3/c20-13(18-7-9-21-10-8-18)12-11-19-6-5-17-14(19)15(22-12)1-3-16-4-2-15/h5-6,12,16H,1-4,7-11H2/t12-/m1/s1. The van der Waals surface area contributed by atoms with Crippen molar-refractivity contribution in [2.75, 3.05) is 39.4 Å². The Morgan fingerprint density at radius 3 is 2.86 bits per heavy atom. The van der Waals surface area contributed by atoms with Crippen molar-refractivity contribution in [3.05, 3.63) is 18.2 Å². The molecule has 0 bridgehead atoms. The molecule has 7 nitrogen and oxygen atoms in total. The van der Waals surface area contributed by atoms with E-state index < -0.39 is 11.7 Å². The molecule has 1 spiro atoms. The summed E-state index contributed by atoms with van der Waals surface area (Å²) in [5.41, 5.74) is -0.417. The molecule has 3 aliphatic heterocycles. The predicted octanol–water partition coefficient (Wildman–Crippen LogP) is -0.281. The van der Waals surface area contributed by atoms with Gasteiger partial charge in [-0.25, -0.2) is 4.98 Å². The maximum atomic E-state index is 12.8. The number of aromatic nitrogens is 2. The number of amides is 1. The van der Waals surface area contributed by atoms with E-state index in [1.54, 1.807) is 0 Å². The molecule has 1 N–H and O–H groups in total. The lowest BCUT2D eigenvalue weighted by atomic mass is 9.89. The van der Waals surface area contributed by atoms with Crippen LogP contribution in [0.3, 0.4) is 0 Å². The third kappa shape index (κ3) is 2.33. The number of fused-ring (bicyclic) bond motifs is 2. The highest BCUT2D eigenvalue weighted by molar-refractivity contribution is 5.81. The van der Waals surface area contributed by atoms with Crippen LogP contribution in [0.2, 0.25) is 0 Å². The van der Waals surface area contributed by atoms with Crippen LogP contribution in [0.1, 0.15) is 18.7 Å². The summed E-state index contributed by atoms with van der Waals surface area (Å²) in [6.07, 6.45) is 5.07. The minimum absolute atomic E-state index is 0.0838. The molecule has 120 valence electrons. The van der Waals surface area contributed by atoms with Gasteiger partial charge < -0.3 is 24.3 Å². The molecule has 0 radical (unpaired) electrons. The van der Waals surface area contributed by atoms with Gasteiger partial charge in [-0.2, -0.15) is 0 Å². The van der Waals surface area contributed by atoms with Gasteiger partial charge in [0.05, 0.1) is 19.8 Å². The van der Waals surface area contributed by atoms with Gasteiger partial charge in [-0.15, -0.1) is 0 Å². The number of imidazole rings is 1. The molecule has 0 aromatic carbocycles. The van der Waals surface area contributed by atoms with E-state index in [2.05, 4.69) is 14.9 Å². The SMILES string of the molecule is O=C([C@H]1Cn2ccnc2C2(CCNCC2)O1)N1CCOCC1. The van der Waals surface area contributed by atoms with Crippen LogP contribution >= 0.6 is 0 Å². The molecular weight excluding hydrogens is 284 g/mol. The van der Waals surface area contributed by atoms with Crippen LogP contribution in [0.5, 0.6) is 0 Å². The van der Waals surface area contributed by atoms with E-state index in [1.807, 2.05) is 17.3 Å². The van der Waals surface area contributed by atoms with Crippen LogP contribution in [0.25, 0.3) is 0 Å². The monoisotopic (exact) mass is 306 g/mol. The van der Waals surface area contributed by atoms with Gasteiger partial charge in [-0.05, 0) is 25.9 Å². The summed E-state index contributed by atoms with van der Waals surface area (Å²) < 4.78 is 13.8. The van der Waals surface area contributed by atoms with E-state index in [4.69, 9.17) is 9.47 Å². The lowest BCUT2D eigenvalue weighted by Gasteiger charge is -2.44. The van der Waals surface area contributed by atoms with Crippen molar-refractivity contribution in [1.82, 2.24) is 19.8 Å². The van der Waals surface area contributed by atoms with Crippen molar-refractivity contribution in [3.63, 3.8) is 0 Å². The molecule has 1 amide bonds. The first kappa shape index (κ1) is 14.2. The zero-order valence-corrected chi connectivity index (χ0v) is 12.7. The second-order valence-electron chi connectivity index (χ2n) is 6.19. The maximum Gasteiger partial charge on any atom is 0.253 e. The number of carbonyl (C=O) groups is 1. The van der Waals surface area contributed by atoms with Crippen LogP contribution in [0, 0.1) is 0 Å². The van der Waals surface area contributed by atoms with Crippen LogP contribution in [0.15, 0.2) is 12.4 Å². The molecule has 1 atom stereocenters. The van der Waals surface area contributed by atoms with E-state index in [1.165, 1.54) is 0 Å². The van der Waals surface area contributed by atoms with E-state index in [-0.39, 0.29) is 5.91 Å². The minimum Gasteiger partial charge on any atom is -0.378 e. The Kier molecular flexibility index (Phi) is 3.63. The fourth-order valence-corrected chi connectivity index (χ4v) is 3.68. The molecule has 1 aromatic rings. The zero-order chi connectivity index (χ0) is 15.0. The number of hydrogen-bond donors (Lipinski definition) is 1. The molecule has 1 aromatic heterocycles. The molecule has 2 fully saturated rings. The van der Waals surface area contributed by atoms with Gasteiger partial charge in [-0.1, -0.05) is 0 Å². The topological polar surface area (TPSA) is 68.6 Å². The summed E-state index contributed by atoms with van der Waals surface area (Å²) in [4.78, 5) is 19.2. The summed E-state index contributed by atoms with van der Waals surface area (Å²) >= 11 is 0.